The van der Waals surface area contributed by atoms with Gasteiger partial charge < -0.3 is 0 Å². The van der Waals surface area contributed by atoms with Gasteiger partial charge in [0.05, 0.1) is 18.1 Å². The SMILES string of the molecule is O=S(=O)(c1cnn(-c2ccccc2F)c1)N1CCCc2ccc(F)c(F)c21. The first kappa shape index (κ1) is 17.6. The van der Waals surface area contributed by atoms with E-state index >= 15 is 0 Å². The maximum atomic E-state index is 14.4. The number of sulfonamides is 1. The standard InChI is InChI=1S/C18H14F3N3O2S/c19-14-5-1-2-6-16(14)23-11-13(10-22-23)27(25,26)24-9-3-4-12-7-8-15(20)17(21)18(12)24/h1-2,5-8,10-11H,3-4,9H2. The summed E-state index contributed by atoms with van der Waals surface area (Å²) in [7, 11) is -4.19. The number of fused-ring (bicyclic) bond motifs is 1. The Kier molecular flexibility index (Phi) is 4.18. The van der Waals surface area contributed by atoms with E-state index < -0.39 is 27.5 Å². The lowest BCUT2D eigenvalue weighted by Gasteiger charge is -2.30. The van der Waals surface area contributed by atoms with Gasteiger partial charge in [-0.2, -0.15) is 5.10 Å². The first-order valence-corrected chi connectivity index (χ1v) is 9.63. The number of hydrogen-bond acceptors (Lipinski definition) is 3. The van der Waals surface area contributed by atoms with Crippen LogP contribution in [0.25, 0.3) is 5.69 Å². The normalized spacial score (nSPS) is 14.3. The molecule has 0 aliphatic carbocycles. The molecule has 0 radical (unpaired) electrons. The number of halogens is 3. The van der Waals surface area contributed by atoms with Gasteiger partial charge in [0, 0.05) is 6.54 Å². The van der Waals surface area contributed by atoms with Crippen LogP contribution in [-0.4, -0.2) is 24.7 Å². The topological polar surface area (TPSA) is 55.2 Å². The average Bonchev–Trinajstić information content (AvgIpc) is 3.15. The van der Waals surface area contributed by atoms with Gasteiger partial charge in [-0.05, 0) is 36.6 Å². The highest BCUT2D eigenvalue weighted by molar-refractivity contribution is 7.92. The monoisotopic (exact) mass is 393 g/mol. The molecular weight excluding hydrogens is 379 g/mol. The van der Waals surface area contributed by atoms with Gasteiger partial charge in [0.1, 0.15) is 16.4 Å². The molecule has 2 heterocycles. The summed E-state index contributed by atoms with van der Waals surface area (Å²) < 4.78 is 70.0. The van der Waals surface area contributed by atoms with Crippen LogP contribution >= 0.6 is 0 Å². The average molecular weight is 393 g/mol. The Bertz CT molecular complexity index is 1130. The van der Waals surface area contributed by atoms with Crippen molar-refractivity contribution in [3.63, 3.8) is 0 Å². The molecule has 0 fully saturated rings. The third-order valence-corrected chi connectivity index (χ3v) is 6.21. The van der Waals surface area contributed by atoms with Gasteiger partial charge in [-0.25, -0.2) is 26.3 Å². The van der Waals surface area contributed by atoms with Gasteiger partial charge >= 0.3 is 0 Å². The highest BCUT2D eigenvalue weighted by Gasteiger charge is 2.33. The minimum Gasteiger partial charge on any atom is -0.263 e. The summed E-state index contributed by atoms with van der Waals surface area (Å²) in [5.74, 6) is -2.88. The van der Waals surface area contributed by atoms with Crippen molar-refractivity contribution in [2.75, 3.05) is 10.8 Å². The van der Waals surface area contributed by atoms with Crippen molar-refractivity contribution in [2.45, 2.75) is 17.7 Å². The smallest absolute Gasteiger partial charge is 0.263 e. The second kappa shape index (κ2) is 6.41. The molecular formula is C18H14F3N3O2S. The van der Waals surface area contributed by atoms with E-state index in [0.717, 1.165) is 27.4 Å². The van der Waals surface area contributed by atoms with E-state index in [2.05, 4.69) is 5.10 Å². The molecule has 0 bridgehead atoms. The molecule has 1 aromatic heterocycles. The summed E-state index contributed by atoms with van der Waals surface area (Å²) in [6.45, 7) is 0.0145. The first-order valence-electron chi connectivity index (χ1n) is 8.19. The predicted molar refractivity (Wildman–Crippen MR) is 92.7 cm³/mol. The third-order valence-electron chi connectivity index (χ3n) is 4.46. The minimum atomic E-state index is -4.19. The van der Waals surface area contributed by atoms with Crippen LogP contribution in [0, 0.1) is 17.5 Å². The number of rotatable bonds is 3. The zero-order valence-corrected chi connectivity index (χ0v) is 14.8. The van der Waals surface area contributed by atoms with E-state index in [1.807, 2.05) is 0 Å². The number of aromatic nitrogens is 2. The van der Waals surface area contributed by atoms with Gasteiger partial charge in [0.15, 0.2) is 11.6 Å². The molecule has 140 valence electrons. The number of benzene rings is 2. The van der Waals surface area contributed by atoms with Crippen LogP contribution in [0.15, 0.2) is 53.7 Å². The fourth-order valence-corrected chi connectivity index (χ4v) is 4.63. The number of nitrogens with zero attached hydrogens (tertiary/aromatic N) is 3. The van der Waals surface area contributed by atoms with Crippen LogP contribution in [-0.2, 0) is 16.4 Å². The van der Waals surface area contributed by atoms with Crippen molar-refractivity contribution in [1.29, 1.82) is 0 Å². The van der Waals surface area contributed by atoms with Gasteiger partial charge in [-0.3, -0.25) is 4.31 Å². The fraction of sp³-hybridized carbons (Fsp3) is 0.167. The molecule has 3 aromatic rings. The van der Waals surface area contributed by atoms with E-state index in [-0.39, 0.29) is 22.8 Å². The third kappa shape index (κ3) is 2.87. The lowest BCUT2D eigenvalue weighted by atomic mass is 10.0. The van der Waals surface area contributed by atoms with Crippen LogP contribution in [0.5, 0.6) is 0 Å². The quantitative estimate of drug-likeness (QED) is 0.685. The molecule has 0 saturated carbocycles. The first-order chi connectivity index (χ1) is 12.9. The summed E-state index contributed by atoms with van der Waals surface area (Å²) >= 11 is 0. The molecule has 27 heavy (non-hydrogen) atoms. The Morgan fingerprint density at radius 2 is 1.78 bits per heavy atom. The van der Waals surface area contributed by atoms with Crippen LogP contribution in [0.4, 0.5) is 18.9 Å². The molecule has 4 rings (SSSR count). The molecule has 0 atom stereocenters. The van der Waals surface area contributed by atoms with Crippen LogP contribution in [0.2, 0.25) is 0 Å². The van der Waals surface area contributed by atoms with Crippen LogP contribution in [0.3, 0.4) is 0 Å². The summed E-state index contributed by atoms with van der Waals surface area (Å²) in [5, 5.41) is 3.91. The molecule has 0 amide bonds. The van der Waals surface area contributed by atoms with E-state index in [1.54, 1.807) is 6.07 Å². The van der Waals surface area contributed by atoms with Crippen molar-refractivity contribution in [3.8, 4) is 5.69 Å². The molecule has 2 aromatic carbocycles. The van der Waals surface area contributed by atoms with Crippen molar-refractivity contribution in [3.05, 3.63) is 71.8 Å². The van der Waals surface area contributed by atoms with Crippen LogP contribution in [0.1, 0.15) is 12.0 Å². The molecule has 5 nitrogen and oxygen atoms in total. The Morgan fingerprint density at radius 3 is 2.56 bits per heavy atom. The lowest BCUT2D eigenvalue weighted by Crippen LogP contribution is -2.36. The maximum Gasteiger partial charge on any atom is 0.267 e. The predicted octanol–water partition coefficient (Wildman–Crippen LogP) is 3.43. The fourth-order valence-electron chi connectivity index (χ4n) is 3.15. The van der Waals surface area contributed by atoms with Gasteiger partial charge in [-0.1, -0.05) is 18.2 Å². The molecule has 1 aliphatic rings. The van der Waals surface area contributed by atoms with Crippen molar-refractivity contribution >= 4 is 15.7 Å². The van der Waals surface area contributed by atoms with Crippen molar-refractivity contribution in [2.24, 2.45) is 0 Å². The Labute approximate surface area is 153 Å². The highest BCUT2D eigenvalue weighted by atomic mass is 32.2. The van der Waals surface area contributed by atoms with Crippen molar-refractivity contribution < 1.29 is 21.6 Å². The molecule has 9 heteroatoms. The number of para-hydroxylation sites is 1. The van der Waals surface area contributed by atoms with Crippen LogP contribution < -0.4 is 4.31 Å². The molecule has 1 aliphatic heterocycles. The van der Waals surface area contributed by atoms with E-state index in [0.29, 0.717) is 18.4 Å². The number of anilines is 1. The second-order valence-electron chi connectivity index (χ2n) is 6.12. The number of aryl methyl sites for hydroxylation is 1. The largest absolute Gasteiger partial charge is 0.267 e. The Morgan fingerprint density at radius 1 is 1.00 bits per heavy atom. The molecule has 0 unspecified atom stereocenters. The zero-order valence-electron chi connectivity index (χ0n) is 13.9. The van der Waals surface area contributed by atoms with Gasteiger partial charge in [-0.15, -0.1) is 0 Å². The zero-order chi connectivity index (χ0) is 19.2. The second-order valence-corrected chi connectivity index (χ2v) is 7.98. The highest BCUT2D eigenvalue weighted by Crippen LogP contribution is 2.35. The lowest BCUT2D eigenvalue weighted by molar-refractivity contribution is 0.503. The molecule has 0 saturated heterocycles. The summed E-state index contributed by atoms with van der Waals surface area (Å²) in [5.41, 5.74) is 0.223. The number of hydrogen-bond donors (Lipinski definition) is 0. The van der Waals surface area contributed by atoms with Gasteiger partial charge in [0.25, 0.3) is 10.0 Å². The summed E-state index contributed by atoms with van der Waals surface area (Å²) in [6.07, 6.45) is 3.14. The summed E-state index contributed by atoms with van der Waals surface area (Å²) in [4.78, 5) is -0.234. The van der Waals surface area contributed by atoms with E-state index in [4.69, 9.17) is 0 Å². The maximum absolute atomic E-state index is 14.4. The van der Waals surface area contributed by atoms with E-state index in [1.165, 1.54) is 24.3 Å². The van der Waals surface area contributed by atoms with Gasteiger partial charge in [0.2, 0.25) is 0 Å². The summed E-state index contributed by atoms with van der Waals surface area (Å²) in [6, 6.07) is 8.14. The minimum absolute atomic E-state index is 0.0145. The molecule has 0 N–H and O–H groups in total. The molecule has 0 spiro atoms. The Balaban J connectivity index is 1.79. The Hall–Kier alpha value is -2.81. The van der Waals surface area contributed by atoms with E-state index in [9.17, 15) is 21.6 Å². The van der Waals surface area contributed by atoms with Crippen molar-refractivity contribution in [1.82, 2.24) is 9.78 Å².